The molecule has 0 saturated heterocycles. The average molecular weight is 355 g/mol. The van der Waals surface area contributed by atoms with E-state index in [1.165, 1.54) is 0 Å². The van der Waals surface area contributed by atoms with E-state index < -0.39 is 6.10 Å². The van der Waals surface area contributed by atoms with Gasteiger partial charge in [0.25, 0.3) is 5.91 Å². The molecule has 1 aromatic heterocycles. The molecule has 1 N–H and O–H groups in total. The molecule has 1 aromatic carbocycles. The quantitative estimate of drug-likeness (QED) is 0.905. The van der Waals surface area contributed by atoms with Crippen molar-refractivity contribution < 1.29 is 19.0 Å². The lowest BCUT2D eigenvalue weighted by Crippen LogP contribution is -2.49. The van der Waals surface area contributed by atoms with Gasteiger partial charge in [0.15, 0.2) is 11.5 Å². The minimum absolute atomic E-state index is 0.112. The van der Waals surface area contributed by atoms with Gasteiger partial charge in [-0.2, -0.15) is 0 Å². The maximum absolute atomic E-state index is 12.5. The zero-order valence-electron chi connectivity index (χ0n) is 14.3. The van der Waals surface area contributed by atoms with Crippen LogP contribution in [0.15, 0.2) is 42.9 Å². The van der Waals surface area contributed by atoms with Crippen molar-refractivity contribution in [3.63, 3.8) is 0 Å². The second-order valence-corrected chi connectivity index (χ2v) is 6.51. The molecule has 1 fully saturated rings. The van der Waals surface area contributed by atoms with Gasteiger partial charge in [-0.25, -0.2) is 4.98 Å². The van der Waals surface area contributed by atoms with E-state index in [4.69, 9.17) is 14.2 Å². The Morgan fingerprint density at radius 3 is 2.69 bits per heavy atom. The van der Waals surface area contributed by atoms with Gasteiger partial charge in [0.1, 0.15) is 12.7 Å². The number of rotatable bonds is 4. The van der Waals surface area contributed by atoms with E-state index in [9.17, 15) is 4.79 Å². The molecule has 7 heteroatoms. The molecule has 0 bridgehead atoms. The molecular weight excluding hydrogens is 334 g/mol. The smallest absolute Gasteiger partial charge is 0.264 e. The zero-order chi connectivity index (χ0) is 17.8. The fourth-order valence-corrected chi connectivity index (χ4v) is 3.28. The van der Waals surface area contributed by atoms with Crippen LogP contribution in [0.4, 0.5) is 0 Å². The van der Waals surface area contributed by atoms with Gasteiger partial charge in [-0.05, 0) is 37.8 Å². The molecule has 4 rings (SSSR count). The predicted molar refractivity (Wildman–Crippen MR) is 93.2 cm³/mol. The Bertz CT molecular complexity index is 747. The van der Waals surface area contributed by atoms with Crippen molar-refractivity contribution in [1.82, 2.24) is 15.3 Å². The van der Waals surface area contributed by atoms with Gasteiger partial charge in [0.05, 0.1) is 6.20 Å². The summed E-state index contributed by atoms with van der Waals surface area (Å²) in [6.07, 6.45) is 7.81. The van der Waals surface area contributed by atoms with Crippen LogP contribution in [0.1, 0.15) is 25.7 Å². The fraction of sp³-hybridized carbons (Fsp3) is 0.421. The maximum atomic E-state index is 12.5. The second-order valence-electron chi connectivity index (χ2n) is 6.51. The van der Waals surface area contributed by atoms with E-state index in [2.05, 4.69) is 15.3 Å². The van der Waals surface area contributed by atoms with Crippen LogP contribution in [-0.2, 0) is 4.79 Å². The monoisotopic (exact) mass is 355 g/mol. The molecule has 136 valence electrons. The van der Waals surface area contributed by atoms with Crippen molar-refractivity contribution in [3.8, 4) is 17.4 Å². The van der Waals surface area contributed by atoms with Gasteiger partial charge >= 0.3 is 0 Å². The van der Waals surface area contributed by atoms with Gasteiger partial charge in [-0.15, -0.1) is 0 Å². The highest BCUT2D eigenvalue weighted by atomic mass is 16.6. The third kappa shape index (κ3) is 3.87. The number of aromatic nitrogens is 2. The molecule has 1 amide bonds. The predicted octanol–water partition coefficient (Wildman–Crippen LogP) is 2.12. The molecular formula is C19H21N3O4. The van der Waals surface area contributed by atoms with Crippen LogP contribution >= 0.6 is 0 Å². The fourth-order valence-electron chi connectivity index (χ4n) is 3.28. The van der Waals surface area contributed by atoms with Crippen molar-refractivity contribution in [2.45, 2.75) is 43.9 Å². The van der Waals surface area contributed by atoms with Crippen LogP contribution < -0.4 is 19.5 Å². The molecule has 1 saturated carbocycles. The maximum Gasteiger partial charge on any atom is 0.264 e. The summed E-state index contributed by atoms with van der Waals surface area (Å²) in [6.45, 7) is 0.230. The van der Waals surface area contributed by atoms with Crippen molar-refractivity contribution in [1.29, 1.82) is 0 Å². The summed E-state index contributed by atoms with van der Waals surface area (Å²) in [5.74, 6) is 1.71. The lowest BCUT2D eigenvalue weighted by molar-refractivity contribution is -0.131. The summed E-state index contributed by atoms with van der Waals surface area (Å²) in [4.78, 5) is 20.6. The first kappa shape index (κ1) is 16.6. The number of benzene rings is 1. The SMILES string of the molecule is O=C(NC1CCC(Oc2cnccn2)CC1)C1COc2ccccc2O1. The van der Waals surface area contributed by atoms with Crippen LogP contribution in [0.5, 0.6) is 17.4 Å². The number of carbonyl (C=O) groups is 1. The number of nitrogens with zero attached hydrogens (tertiary/aromatic N) is 2. The molecule has 7 nitrogen and oxygen atoms in total. The number of carbonyl (C=O) groups excluding carboxylic acids is 1. The minimum Gasteiger partial charge on any atom is -0.485 e. The highest BCUT2D eigenvalue weighted by molar-refractivity contribution is 5.82. The number of hydrogen-bond donors (Lipinski definition) is 1. The van der Waals surface area contributed by atoms with Gasteiger partial charge in [-0.3, -0.25) is 9.78 Å². The Balaban J connectivity index is 1.25. The van der Waals surface area contributed by atoms with Crippen molar-refractivity contribution in [3.05, 3.63) is 42.9 Å². The van der Waals surface area contributed by atoms with E-state index in [1.54, 1.807) is 18.6 Å². The summed E-state index contributed by atoms with van der Waals surface area (Å²) in [6, 6.07) is 7.52. The summed E-state index contributed by atoms with van der Waals surface area (Å²) in [5, 5.41) is 3.08. The largest absolute Gasteiger partial charge is 0.485 e. The summed E-state index contributed by atoms with van der Waals surface area (Å²) >= 11 is 0. The summed E-state index contributed by atoms with van der Waals surface area (Å²) in [7, 11) is 0. The molecule has 2 aromatic rings. The Morgan fingerprint density at radius 2 is 1.92 bits per heavy atom. The highest BCUT2D eigenvalue weighted by Crippen LogP contribution is 2.31. The average Bonchev–Trinajstić information content (AvgIpc) is 2.70. The van der Waals surface area contributed by atoms with Crippen molar-refractivity contribution in [2.75, 3.05) is 6.61 Å². The normalized spacial score (nSPS) is 24.5. The first-order valence-electron chi connectivity index (χ1n) is 8.89. The Hall–Kier alpha value is -2.83. The number of para-hydroxylation sites is 2. The molecule has 1 aliphatic heterocycles. The van der Waals surface area contributed by atoms with Crippen LogP contribution in [-0.4, -0.2) is 40.7 Å². The molecule has 2 heterocycles. The number of hydrogen-bond acceptors (Lipinski definition) is 6. The van der Waals surface area contributed by atoms with Crippen LogP contribution in [0, 0.1) is 0 Å². The van der Waals surface area contributed by atoms with Gasteiger partial charge < -0.3 is 19.5 Å². The Morgan fingerprint density at radius 1 is 1.12 bits per heavy atom. The third-order valence-corrected chi connectivity index (χ3v) is 4.65. The number of nitrogens with one attached hydrogen (secondary N) is 1. The molecule has 0 spiro atoms. The number of amides is 1. The van der Waals surface area contributed by atoms with Gasteiger partial charge in [0, 0.05) is 18.4 Å². The minimum atomic E-state index is -0.613. The second kappa shape index (κ2) is 7.59. The Kier molecular flexibility index (Phi) is 4.86. The highest BCUT2D eigenvalue weighted by Gasteiger charge is 2.30. The lowest BCUT2D eigenvalue weighted by atomic mass is 9.93. The number of ether oxygens (including phenoxy) is 3. The molecule has 1 aliphatic carbocycles. The van der Waals surface area contributed by atoms with Crippen molar-refractivity contribution >= 4 is 5.91 Å². The first-order valence-corrected chi connectivity index (χ1v) is 8.89. The van der Waals surface area contributed by atoms with E-state index in [0.29, 0.717) is 17.4 Å². The molecule has 26 heavy (non-hydrogen) atoms. The zero-order valence-corrected chi connectivity index (χ0v) is 14.3. The molecule has 1 atom stereocenters. The van der Waals surface area contributed by atoms with Crippen LogP contribution in [0.3, 0.4) is 0 Å². The summed E-state index contributed by atoms with van der Waals surface area (Å²) in [5.41, 5.74) is 0. The van der Waals surface area contributed by atoms with E-state index in [0.717, 1.165) is 25.7 Å². The first-order chi connectivity index (χ1) is 12.8. The Labute approximate surface area is 151 Å². The molecule has 2 aliphatic rings. The summed E-state index contributed by atoms with van der Waals surface area (Å²) < 4.78 is 17.2. The van der Waals surface area contributed by atoms with Crippen LogP contribution in [0.25, 0.3) is 0 Å². The van der Waals surface area contributed by atoms with E-state index >= 15 is 0 Å². The topological polar surface area (TPSA) is 82.6 Å². The van der Waals surface area contributed by atoms with Gasteiger partial charge in [-0.1, -0.05) is 12.1 Å². The third-order valence-electron chi connectivity index (χ3n) is 4.65. The standard InChI is InChI=1S/C19H21N3O4/c23-19(17-12-24-15-3-1-2-4-16(15)26-17)22-13-5-7-14(8-6-13)25-18-11-20-9-10-21-18/h1-4,9-11,13-14,17H,5-8,12H2,(H,22,23). The molecule has 0 radical (unpaired) electrons. The van der Waals surface area contributed by atoms with Crippen molar-refractivity contribution in [2.24, 2.45) is 0 Å². The van der Waals surface area contributed by atoms with Crippen LogP contribution in [0.2, 0.25) is 0 Å². The molecule has 1 unspecified atom stereocenters. The number of fused-ring (bicyclic) bond motifs is 1. The lowest BCUT2D eigenvalue weighted by Gasteiger charge is -2.31. The van der Waals surface area contributed by atoms with E-state index in [1.807, 2.05) is 24.3 Å². The van der Waals surface area contributed by atoms with Gasteiger partial charge in [0.2, 0.25) is 12.0 Å². The van der Waals surface area contributed by atoms with E-state index in [-0.39, 0.29) is 24.7 Å².